The molecule has 0 aliphatic heterocycles. The highest BCUT2D eigenvalue weighted by Gasteiger charge is 2.04. The molecule has 3 amide bonds. The molecule has 0 saturated carbocycles. The van der Waals surface area contributed by atoms with Crippen molar-refractivity contribution in [1.29, 1.82) is 0 Å². The van der Waals surface area contributed by atoms with Gasteiger partial charge in [0, 0.05) is 18.3 Å². The third kappa shape index (κ3) is 4.96. The maximum Gasteiger partial charge on any atom is 0.318 e. The maximum atomic E-state index is 12.0. The van der Waals surface area contributed by atoms with Crippen LogP contribution >= 0.6 is 0 Å². The molecule has 2 aromatic carbocycles. The van der Waals surface area contributed by atoms with Crippen molar-refractivity contribution in [3.8, 4) is 0 Å². The summed E-state index contributed by atoms with van der Waals surface area (Å²) >= 11 is 0. The smallest absolute Gasteiger partial charge is 0.318 e. The van der Waals surface area contributed by atoms with Gasteiger partial charge in [-0.3, -0.25) is 4.79 Å². The molecule has 3 N–H and O–H groups in total. The van der Waals surface area contributed by atoms with Crippen molar-refractivity contribution in [2.24, 2.45) is 5.10 Å². The van der Waals surface area contributed by atoms with Gasteiger partial charge in [-0.25, -0.2) is 10.2 Å². The molecule has 0 spiro atoms. The molecular weight excluding hydrogens is 292 g/mol. The van der Waals surface area contributed by atoms with Gasteiger partial charge in [0.05, 0.1) is 6.21 Å². The number of carbonyl (C=O) groups excluding carboxylic acids is 2. The summed E-state index contributed by atoms with van der Waals surface area (Å²) < 4.78 is 0. The number of urea groups is 1. The van der Waals surface area contributed by atoms with Crippen LogP contribution in [0.4, 0.5) is 10.5 Å². The first-order chi connectivity index (χ1) is 11.1. The first-order valence-corrected chi connectivity index (χ1v) is 7.07. The summed E-state index contributed by atoms with van der Waals surface area (Å²) in [5, 5.41) is 8.99. The molecule has 0 fully saturated rings. The van der Waals surface area contributed by atoms with Crippen molar-refractivity contribution in [3.05, 3.63) is 65.2 Å². The minimum Gasteiger partial charge on any atom is -0.341 e. The van der Waals surface area contributed by atoms with Crippen molar-refractivity contribution < 1.29 is 9.59 Å². The SMILES string of the molecule is CNC(=O)Nc1ccc(C(=O)NN=Cc2ccc(C)cc2)cc1. The fourth-order valence-electron chi connectivity index (χ4n) is 1.78. The molecule has 0 heterocycles. The topological polar surface area (TPSA) is 82.6 Å². The van der Waals surface area contributed by atoms with Gasteiger partial charge in [0.25, 0.3) is 5.91 Å². The van der Waals surface area contributed by atoms with Gasteiger partial charge in [-0.1, -0.05) is 29.8 Å². The third-order valence-electron chi connectivity index (χ3n) is 3.09. The molecule has 2 aromatic rings. The molecule has 6 nitrogen and oxygen atoms in total. The lowest BCUT2D eigenvalue weighted by Crippen LogP contribution is -2.24. The minimum atomic E-state index is -0.320. The number of benzene rings is 2. The average Bonchev–Trinajstić information content (AvgIpc) is 2.57. The summed E-state index contributed by atoms with van der Waals surface area (Å²) in [4.78, 5) is 23.1. The van der Waals surface area contributed by atoms with E-state index in [2.05, 4.69) is 21.2 Å². The Bertz CT molecular complexity index is 706. The van der Waals surface area contributed by atoms with Crippen LogP contribution in [0.25, 0.3) is 0 Å². The zero-order valence-electron chi connectivity index (χ0n) is 13.0. The first-order valence-electron chi connectivity index (χ1n) is 7.07. The van der Waals surface area contributed by atoms with Crippen LogP contribution in [0.2, 0.25) is 0 Å². The second-order valence-electron chi connectivity index (χ2n) is 4.89. The Hall–Kier alpha value is -3.15. The van der Waals surface area contributed by atoms with Crippen LogP contribution in [-0.2, 0) is 0 Å². The highest BCUT2D eigenvalue weighted by Crippen LogP contribution is 2.09. The molecule has 0 bridgehead atoms. The van der Waals surface area contributed by atoms with Crippen LogP contribution in [0.3, 0.4) is 0 Å². The number of nitrogens with zero attached hydrogens (tertiary/aromatic N) is 1. The Labute approximate surface area is 134 Å². The van der Waals surface area contributed by atoms with E-state index in [1.54, 1.807) is 30.5 Å². The molecule has 2 rings (SSSR count). The number of anilines is 1. The van der Waals surface area contributed by atoms with Gasteiger partial charge in [0.15, 0.2) is 0 Å². The molecule has 23 heavy (non-hydrogen) atoms. The summed E-state index contributed by atoms with van der Waals surface area (Å²) in [5.74, 6) is -0.320. The molecule has 118 valence electrons. The van der Waals surface area contributed by atoms with E-state index < -0.39 is 0 Å². The second kappa shape index (κ2) is 7.74. The van der Waals surface area contributed by atoms with Crippen LogP contribution in [0, 0.1) is 6.92 Å². The number of hydrazone groups is 1. The standard InChI is InChI=1S/C17H18N4O2/c1-12-3-5-13(6-4-12)11-19-21-16(22)14-7-9-15(10-8-14)20-17(23)18-2/h3-11H,1-2H3,(H,21,22)(H2,18,20,23). The molecule has 0 radical (unpaired) electrons. The van der Waals surface area contributed by atoms with E-state index in [4.69, 9.17) is 0 Å². The first kappa shape index (κ1) is 16.2. The molecule has 0 aliphatic carbocycles. The summed E-state index contributed by atoms with van der Waals surface area (Å²) in [6.45, 7) is 2.01. The lowest BCUT2D eigenvalue weighted by Gasteiger charge is -2.05. The van der Waals surface area contributed by atoms with Crippen molar-refractivity contribution >= 4 is 23.8 Å². The van der Waals surface area contributed by atoms with Crippen LogP contribution in [0.1, 0.15) is 21.5 Å². The fraction of sp³-hybridized carbons (Fsp3) is 0.118. The molecule has 0 aliphatic rings. The summed E-state index contributed by atoms with van der Waals surface area (Å²) in [6, 6.07) is 14.0. The number of aryl methyl sites for hydroxylation is 1. The number of nitrogens with one attached hydrogen (secondary N) is 3. The second-order valence-corrected chi connectivity index (χ2v) is 4.89. The van der Waals surface area contributed by atoms with Gasteiger partial charge in [-0.15, -0.1) is 0 Å². The van der Waals surface area contributed by atoms with E-state index in [0.717, 1.165) is 11.1 Å². The summed E-state index contributed by atoms with van der Waals surface area (Å²) in [6.07, 6.45) is 1.58. The van der Waals surface area contributed by atoms with Crippen molar-refractivity contribution in [3.63, 3.8) is 0 Å². The zero-order valence-corrected chi connectivity index (χ0v) is 13.0. The lowest BCUT2D eigenvalue weighted by molar-refractivity contribution is 0.0955. The normalized spacial score (nSPS) is 10.3. The Morgan fingerprint density at radius 2 is 1.65 bits per heavy atom. The van der Waals surface area contributed by atoms with Crippen LogP contribution < -0.4 is 16.1 Å². The van der Waals surface area contributed by atoms with Crippen LogP contribution in [0.5, 0.6) is 0 Å². The summed E-state index contributed by atoms with van der Waals surface area (Å²) in [5.41, 5.74) is 5.58. The number of amides is 3. The average molecular weight is 310 g/mol. The highest BCUT2D eigenvalue weighted by atomic mass is 16.2. The van der Waals surface area contributed by atoms with Gasteiger partial charge >= 0.3 is 6.03 Å². The maximum absolute atomic E-state index is 12.0. The number of hydrogen-bond acceptors (Lipinski definition) is 3. The number of hydrogen-bond donors (Lipinski definition) is 3. The molecule has 0 aromatic heterocycles. The van der Waals surface area contributed by atoms with Gasteiger partial charge in [0.1, 0.15) is 0 Å². The van der Waals surface area contributed by atoms with E-state index >= 15 is 0 Å². The van der Waals surface area contributed by atoms with E-state index in [9.17, 15) is 9.59 Å². The Balaban J connectivity index is 1.92. The van der Waals surface area contributed by atoms with E-state index in [0.29, 0.717) is 11.3 Å². The van der Waals surface area contributed by atoms with Crippen molar-refractivity contribution in [2.75, 3.05) is 12.4 Å². The van der Waals surface area contributed by atoms with Crippen molar-refractivity contribution in [1.82, 2.24) is 10.7 Å². The third-order valence-corrected chi connectivity index (χ3v) is 3.09. The molecule has 0 unspecified atom stereocenters. The number of carbonyl (C=O) groups is 2. The Kier molecular flexibility index (Phi) is 5.46. The summed E-state index contributed by atoms with van der Waals surface area (Å²) in [7, 11) is 1.53. The predicted octanol–water partition coefficient (Wildman–Crippen LogP) is 2.51. The van der Waals surface area contributed by atoms with E-state index in [1.807, 2.05) is 31.2 Å². The van der Waals surface area contributed by atoms with E-state index in [1.165, 1.54) is 7.05 Å². The predicted molar refractivity (Wildman–Crippen MR) is 90.8 cm³/mol. The molecule has 0 saturated heterocycles. The number of rotatable bonds is 4. The quantitative estimate of drug-likeness (QED) is 0.599. The van der Waals surface area contributed by atoms with E-state index in [-0.39, 0.29) is 11.9 Å². The van der Waals surface area contributed by atoms with Crippen LogP contribution in [0.15, 0.2) is 53.6 Å². The lowest BCUT2D eigenvalue weighted by atomic mass is 10.2. The monoisotopic (exact) mass is 310 g/mol. The van der Waals surface area contributed by atoms with Crippen LogP contribution in [-0.4, -0.2) is 25.2 Å². The molecular formula is C17H18N4O2. The van der Waals surface area contributed by atoms with Gasteiger partial charge in [0.2, 0.25) is 0 Å². The van der Waals surface area contributed by atoms with Gasteiger partial charge in [-0.2, -0.15) is 5.10 Å². The Morgan fingerprint density at radius 3 is 2.26 bits per heavy atom. The van der Waals surface area contributed by atoms with Crippen molar-refractivity contribution in [2.45, 2.75) is 6.92 Å². The largest absolute Gasteiger partial charge is 0.341 e. The molecule has 6 heteroatoms. The Morgan fingerprint density at radius 1 is 1.00 bits per heavy atom. The minimum absolute atomic E-state index is 0.315. The fourth-order valence-corrected chi connectivity index (χ4v) is 1.78. The van der Waals surface area contributed by atoms with Gasteiger partial charge < -0.3 is 10.6 Å². The van der Waals surface area contributed by atoms with Gasteiger partial charge in [-0.05, 0) is 36.8 Å². The molecule has 0 atom stereocenters. The zero-order chi connectivity index (χ0) is 16.7. The highest BCUT2D eigenvalue weighted by molar-refractivity contribution is 5.96.